The molecule has 0 radical (unpaired) electrons. The van der Waals surface area contributed by atoms with E-state index in [9.17, 15) is 9.59 Å². The predicted molar refractivity (Wildman–Crippen MR) is 61.0 cm³/mol. The van der Waals surface area contributed by atoms with E-state index in [0.29, 0.717) is 23.4 Å². The van der Waals surface area contributed by atoms with Crippen molar-refractivity contribution < 1.29 is 14.7 Å². The Labute approximate surface area is 98.2 Å². The summed E-state index contributed by atoms with van der Waals surface area (Å²) in [6, 6.07) is 6.71. The van der Waals surface area contributed by atoms with Gasteiger partial charge in [-0.15, -0.1) is 0 Å². The quantitative estimate of drug-likeness (QED) is 0.615. The molecule has 1 amide bonds. The van der Waals surface area contributed by atoms with Crippen LogP contribution in [0.5, 0.6) is 0 Å². The summed E-state index contributed by atoms with van der Waals surface area (Å²) in [5.41, 5.74) is 0.558. The van der Waals surface area contributed by atoms with Gasteiger partial charge in [0, 0.05) is 23.6 Å². The van der Waals surface area contributed by atoms with Gasteiger partial charge in [0.1, 0.15) is 0 Å². The summed E-state index contributed by atoms with van der Waals surface area (Å²) in [7, 11) is 0. The molecule has 86 valence electrons. The van der Waals surface area contributed by atoms with Crippen LogP contribution in [0.15, 0.2) is 24.3 Å². The molecule has 0 fully saturated rings. The highest BCUT2D eigenvalue weighted by Crippen LogP contribution is 2.12. The van der Waals surface area contributed by atoms with Gasteiger partial charge in [0.15, 0.2) is 5.78 Å². The molecule has 1 rings (SSSR count). The average Bonchev–Trinajstić information content (AvgIpc) is 2.24. The lowest BCUT2D eigenvalue weighted by Gasteiger charge is -2.02. The van der Waals surface area contributed by atoms with Crippen molar-refractivity contribution in [2.24, 2.45) is 0 Å². The van der Waals surface area contributed by atoms with Crippen molar-refractivity contribution in [1.29, 1.82) is 0 Å². The Bertz CT molecular complexity index is 393. The second-order valence-electron chi connectivity index (χ2n) is 3.27. The molecule has 0 aromatic heterocycles. The van der Waals surface area contributed by atoms with Crippen LogP contribution in [0.25, 0.3) is 0 Å². The van der Waals surface area contributed by atoms with Crippen LogP contribution in [0.3, 0.4) is 0 Å². The number of hydrogen-bond donors (Lipinski definition) is 2. The number of nitrogens with one attached hydrogen (secondary N) is 1. The molecule has 0 atom stereocenters. The van der Waals surface area contributed by atoms with Crippen LogP contribution in [0.4, 0.5) is 4.79 Å². The number of carboxylic acid groups (broad SMARTS) is 1. The maximum atomic E-state index is 11.6. The fourth-order valence-corrected chi connectivity index (χ4v) is 1.44. The Morgan fingerprint density at radius 3 is 2.75 bits per heavy atom. The summed E-state index contributed by atoms with van der Waals surface area (Å²) in [5, 5.41) is 11.0. The lowest BCUT2D eigenvalue weighted by atomic mass is 10.1. The van der Waals surface area contributed by atoms with Crippen molar-refractivity contribution in [2.45, 2.75) is 12.8 Å². The normalized spacial score (nSPS) is 9.81. The van der Waals surface area contributed by atoms with Crippen LogP contribution in [-0.2, 0) is 0 Å². The van der Waals surface area contributed by atoms with Crippen LogP contribution in [0, 0.1) is 0 Å². The summed E-state index contributed by atoms with van der Waals surface area (Å²) in [5.74, 6) is -0.0327. The highest BCUT2D eigenvalue weighted by molar-refractivity contribution is 6.31. The molecule has 0 aliphatic heterocycles. The largest absolute Gasteiger partial charge is 0.465 e. The van der Waals surface area contributed by atoms with Crippen LogP contribution in [-0.4, -0.2) is 23.5 Å². The molecule has 0 heterocycles. The highest BCUT2D eigenvalue weighted by atomic mass is 35.5. The second-order valence-corrected chi connectivity index (χ2v) is 3.71. The zero-order valence-corrected chi connectivity index (χ0v) is 9.33. The van der Waals surface area contributed by atoms with Crippen molar-refractivity contribution in [3.63, 3.8) is 0 Å². The third kappa shape index (κ3) is 4.31. The van der Waals surface area contributed by atoms with Gasteiger partial charge in [-0.05, 0) is 18.6 Å². The SMILES string of the molecule is O=C(O)NCCCC(=O)c1cccc(Cl)c1. The first-order valence-corrected chi connectivity index (χ1v) is 5.23. The first-order valence-electron chi connectivity index (χ1n) is 4.85. The number of ketones is 1. The number of rotatable bonds is 5. The van der Waals surface area contributed by atoms with E-state index < -0.39 is 6.09 Å². The summed E-state index contributed by atoms with van der Waals surface area (Å²) in [4.78, 5) is 21.8. The molecule has 0 aliphatic carbocycles. The highest BCUT2D eigenvalue weighted by Gasteiger charge is 2.05. The fourth-order valence-electron chi connectivity index (χ4n) is 1.25. The third-order valence-corrected chi connectivity index (χ3v) is 2.24. The Morgan fingerprint density at radius 1 is 1.38 bits per heavy atom. The van der Waals surface area contributed by atoms with Crippen molar-refractivity contribution in [3.05, 3.63) is 34.9 Å². The van der Waals surface area contributed by atoms with Gasteiger partial charge < -0.3 is 10.4 Å². The van der Waals surface area contributed by atoms with E-state index >= 15 is 0 Å². The molecule has 0 aliphatic rings. The van der Waals surface area contributed by atoms with Crippen molar-refractivity contribution >= 4 is 23.5 Å². The Morgan fingerprint density at radius 2 is 2.12 bits per heavy atom. The number of amides is 1. The monoisotopic (exact) mass is 241 g/mol. The molecule has 4 nitrogen and oxygen atoms in total. The Balaban J connectivity index is 2.38. The molecule has 2 N–H and O–H groups in total. The fraction of sp³-hybridized carbons (Fsp3) is 0.273. The van der Waals surface area contributed by atoms with Gasteiger partial charge in [-0.3, -0.25) is 4.79 Å². The van der Waals surface area contributed by atoms with Crippen molar-refractivity contribution in [2.75, 3.05) is 6.54 Å². The summed E-state index contributed by atoms with van der Waals surface area (Å²) in [6.07, 6.45) is -0.284. The molecule has 0 unspecified atom stereocenters. The predicted octanol–water partition coefficient (Wildman–Crippen LogP) is 2.57. The van der Waals surface area contributed by atoms with Gasteiger partial charge in [-0.1, -0.05) is 23.7 Å². The van der Waals surface area contributed by atoms with Gasteiger partial charge in [-0.2, -0.15) is 0 Å². The number of Topliss-reactive ketones (excluding diaryl/α,β-unsaturated/α-hetero) is 1. The zero-order valence-electron chi connectivity index (χ0n) is 8.57. The van der Waals surface area contributed by atoms with Gasteiger partial charge >= 0.3 is 6.09 Å². The average molecular weight is 242 g/mol. The van der Waals surface area contributed by atoms with Crippen LogP contribution in [0.1, 0.15) is 23.2 Å². The maximum absolute atomic E-state index is 11.6. The van der Waals surface area contributed by atoms with Gasteiger partial charge in [0.05, 0.1) is 0 Å². The van der Waals surface area contributed by atoms with Crippen molar-refractivity contribution in [1.82, 2.24) is 5.32 Å². The summed E-state index contributed by atoms with van der Waals surface area (Å²) >= 11 is 5.75. The van der Waals surface area contributed by atoms with Crippen LogP contribution >= 0.6 is 11.6 Å². The minimum absolute atomic E-state index is 0.0327. The minimum atomic E-state index is -1.07. The van der Waals surface area contributed by atoms with Crippen LogP contribution < -0.4 is 5.32 Å². The molecular formula is C11H12ClNO3. The molecular weight excluding hydrogens is 230 g/mol. The molecule has 16 heavy (non-hydrogen) atoms. The lowest BCUT2D eigenvalue weighted by Crippen LogP contribution is -2.22. The number of hydrogen-bond acceptors (Lipinski definition) is 2. The van der Waals surface area contributed by atoms with E-state index in [-0.39, 0.29) is 12.3 Å². The van der Waals surface area contributed by atoms with E-state index in [1.54, 1.807) is 24.3 Å². The molecule has 0 bridgehead atoms. The van der Waals surface area contributed by atoms with E-state index in [0.717, 1.165) is 0 Å². The van der Waals surface area contributed by atoms with Gasteiger partial charge in [-0.25, -0.2) is 4.79 Å². The van der Waals surface area contributed by atoms with Crippen LogP contribution in [0.2, 0.25) is 5.02 Å². The Hall–Kier alpha value is -1.55. The summed E-state index contributed by atoms with van der Waals surface area (Å²) < 4.78 is 0. The number of carbonyl (C=O) groups excluding carboxylic acids is 1. The smallest absolute Gasteiger partial charge is 0.404 e. The Kier molecular flexibility index (Phi) is 4.79. The zero-order chi connectivity index (χ0) is 12.0. The first-order chi connectivity index (χ1) is 7.59. The molecule has 0 saturated carbocycles. The van der Waals surface area contributed by atoms with E-state index in [2.05, 4.69) is 5.32 Å². The van der Waals surface area contributed by atoms with E-state index in [1.165, 1.54) is 0 Å². The first kappa shape index (κ1) is 12.5. The molecule has 1 aromatic carbocycles. The maximum Gasteiger partial charge on any atom is 0.404 e. The third-order valence-electron chi connectivity index (χ3n) is 2.00. The lowest BCUT2D eigenvalue weighted by molar-refractivity contribution is 0.0979. The van der Waals surface area contributed by atoms with Gasteiger partial charge in [0.25, 0.3) is 0 Å². The minimum Gasteiger partial charge on any atom is -0.465 e. The van der Waals surface area contributed by atoms with Crippen molar-refractivity contribution in [3.8, 4) is 0 Å². The van der Waals surface area contributed by atoms with E-state index in [1.807, 2.05) is 0 Å². The molecule has 1 aromatic rings. The number of carbonyl (C=O) groups is 2. The number of halogens is 1. The van der Waals surface area contributed by atoms with Gasteiger partial charge in [0.2, 0.25) is 0 Å². The van der Waals surface area contributed by atoms with E-state index in [4.69, 9.17) is 16.7 Å². The standard InChI is InChI=1S/C11H12ClNO3/c12-9-4-1-3-8(7-9)10(14)5-2-6-13-11(15)16/h1,3-4,7,13H,2,5-6H2,(H,15,16). The second kappa shape index (κ2) is 6.12. The summed E-state index contributed by atoms with van der Waals surface area (Å²) in [6.45, 7) is 0.279. The topological polar surface area (TPSA) is 66.4 Å². The molecule has 5 heteroatoms. The molecule has 0 saturated heterocycles. The number of benzene rings is 1. The molecule has 0 spiro atoms.